The molecule has 0 aromatic heterocycles. The van der Waals surface area contributed by atoms with Crippen LogP contribution in [0.3, 0.4) is 0 Å². The zero-order valence-corrected chi connectivity index (χ0v) is 19.4. The monoisotopic (exact) mass is 446 g/mol. The van der Waals surface area contributed by atoms with Crippen molar-refractivity contribution in [2.24, 2.45) is 0 Å². The van der Waals surface area contributed by atoms with Crippen molar-refractivity contribution in [1.82, 2.24) is 9.80 Å². The molecular formula is C23H31ClN4O3. The van der Waals surface area contributed by atoms with Crippen molar-refractivity contribution in [3.05, 3.63) is 68.7 Å². The maximum atomic E-state index is 13.1. The number of non-ortho nitro benzene ring substituents is 1. The number of rotatable bonds is 11. The molecule has 0 saturated carbocycles. The third kappa shape index (κ3) is 7.02. The Kier molecular flexibility index (Phi) is 9.43. The third-order valence-corrected chi connectivity index (χ3v) is 5.84. The van der Waals surface area contributed by atoms with E-state index in [1.54, 1.807) is 18.2 Å². The molecule has 168 valence electrons. The number of nitrogens with one attached hydrogen (secondary N) is 1. The summed E-state index contributed by atoms with van der Waals surface area (Å²) < 4.78 is 0. The summed E-state index contributed by atoms with van der Waals surface area (Å²) in [6.45, 7) is 11.9. The van der Waals surface area contributed by atoms with Crippen LogP contribution in [0.1, 0.15) is 31.9 Å². The van der Waals surface area contributed by atoms with E-state index in [9.17, 15) is 14.9 Å². The molecule has 0 aliphatic heterocycles. The van der Waals surface area contributed by atoms with Crippen molar-refractivity contribution in [1.29, 1.82) is 0 Å². The molecule has 0 bridgehead atoms. The largest absolute Gasteiger partial charge is 0.323 e. The maximum absolute atomic E-state index is 13.1. The number of nitro groups is 1. The fourth-order valence-corrected chi connectivity index (χ4v) is 3.63. The number of hydrogen-bond acceptors (Lipinski definition) is 5. The molecule has 0 saturated heterocycles. The van der Waals surface area contributed by atoms with Gasteiger partial charge >= 0.3 is 0 Å². The number of nitrogens with zero attached hydrogens (tertiary/aromatic N) is 3. The number of hydrogen-bond donors (Lipinski definition) is 1. The van der Waals surface area contributed by atoms with E-state index in [0.29, 0.717) is 23.8 Å². The molecule has 2 aromatic rings. The maximum Gasteiger partial charge on any atom is 0.269 e. The molecule has 0 heterocycles. The summed E-state index contributed by atoms with van der Waals surface area (Å²) in [4.78, 5) is 28.0. The minimum atomic E-state index is -0.415. The van der Waals surface area contributed by atoms with Crippen LogP contribution in [0.15, 0.2) is 42.5 Å². The van der Waals surface area contributed by atoms with Crippen LogP contribution in [0.4, 0.5) is 11.4 Å². The zero-order valence-electron chi connectivity index (χ0n) is 18.6. The van der Waals surface area contributed by atoms with Crippen molar-refractivity contribution in [3.63, 3.8) is 0 Å². The fraction of sp³-hybridized carbons (Fsp3) is 0.435. The SMILES string of the molecule is CCN(CC)CCN(Cc1ccc([N+](=O)[O-])cc1)C(C)C(=O)Nc1c(C)cccc1Cl. The Morgan fingerprint density at radius 1 is 1.13 bits per heavy atom. The van der Waals surface area contributed by atoms with Gasteiger partial charge < -0.3 is 10.2 Å². The Bertz CT molecular complexity index is 865. The number of amides is 1. The van der Waals surface area contributed by atoms with E-state index in [4.69, 9.17) is 11.6 Å². The molecule has 0 spiro atoms. The van der Waals surface area contributed by atoms with Crippen LogP contribution >= 0.6 is 11.6 Å². The molecule has 31 heavy (non-hydrogen) atoms. The van der Waals surface area contributed by atoms with Crippen LogP contribution in [0, 0.1) is 17.0 Å². The van der Waals surface area contributed by atoms with Crippen LogP contribution in [-0.2, 0) is 11.3 Å². The third-order valence-electron chi connectivity index (χ3n) is 5.53. The van der Waals surface area contributed by atoms with Gasteiger partial charge in [0.05, 0.1) is 21.7 Å². The molecule has 1 N–H and O–H groups in total. The van der Waals surface area contributed by atoms with Gasteiger partial charge in [0, 0.05) is 31.8 Å². The van der Waals surface area contributed by atoms with Crippen molar-refractivity contribution in [2.45, 2.75) is 40.3 Å². The van der Waals surface area contributed by atoms with Crippen molar-refractivity contribution < 1.29 is 9.72 Å². The van der Waals surface area contributed by atoms with Crippen LogP contribution < -0.4 is 5.32 Å². The summed E-state index contributed by atoms with van der Waals surface area (Å²) in [5.41, 5.74) is 2.50. The van der Waals surface area contributed by atoms with Gasteiger partial charge in [0.15, 0.2) is 0 Å². The van der Waals surface area contributed by atoms with E-state index in [0.717, 1.165) is 30.8 Å². The van der Waals surface area contributed by atoms with E-state index >= 15 is 0 Å². The topological polar surface area (TPSA) is 78.7 Å². The number of para-hydroxylation sites is 1. The highest BCUT2D eigenvalue weighted by Gasteiger charge is 2.23. The predicted octanol–water partition coefficient (Wildman–Crippen LogP) is 4.73. The molecular weight excluding hydrogens is 416 g/mol. The highest BCUT2D eigenvalue weighted by atomic mass is 35.5. The summed E-state index contributed by atoms with van der Waals surface area (Å²) >= 11 is 6.28. The van der Waals surface area contributed by atoms with E-state index in [1.807, 2.05) is 26.0 Å². The molecule has 1 amide bonds. The highest BCUT2D eigenvalue weighted by molar-refractivity contribution is 6.34. The van der Waals surface area contributed by atoms with Gasteiger partial charge in [-0.25, -0.2) is 0 Å². The second-order valence-electron chi connectivity index (χ2n) is 7.52. The van der Waals surface area contributed by atoms with E-state index < -0.39 is 11.0 Å². The molecule has 0 radical (unpaired) electrons. The first-order chi connectivity index (χ1) is 14.8. The molecule has 1 atom stereocenters. The number of carbonyl (C=O) groups excluding carboxylic acids is 1. The summed E-state index contributed by atoms with van der Waals surface area (Å²) in [7, 11) is 0. The molecule has 0 aliphatic carbocycles. The minimum absolute atomic E-state index is 0.0541. The number of anilines is 1. The number of aryl methyl sites for hydroxylation is 1. The average molecular weight is 447 g/mol. The summed E-state index contributed by atoms with van der Waals surface area (Å²) in [6, 6.07) is 11.6. The Balaban J connectivity index is 2.18. The van der Waals surface area contributed by atoms with Gasteiger partial charge in [-0.2, -0.15) is 0 Å². The Morgan fingerprint density at radius 2 is 1.77 bits per heavy atom. The lowest BCUT2D eigenvalue weighted by molar-refractivity contribution is -0.384. The first-order valence-corrected chi connectivity index (χ1v) is 10.9. The number of likely N-dealkylation sites (N-methyl/N-ethyl adjacent to an activating group) is 1. The average Bonchev–Trinajstić information content (AvgIpc) is 2.75. The lowest BCUT2D eigenvalue weighted by Crippen LogP contribution is -2.45. The van der Waals surface area contributed by atoms with Crippen molar-refractivity contribution in [3.8, 4) is 0 Å². The first kappa shape index (κ1) is 24.8. The van der Waals surface area contributed by atoms with Crippen LogP contribution in [0.25, 0.3) is 0 Å². The van der Waals surface area contributed by atoms with Gasteiger partial charge in [-0.1, -0.05) is 49.7 Å². The van der Waals surface area contributed by atoms with Crippen LogP contribution in [0.5, 0.6) is 0 Å². The van der Waals surface area contributed by atoms with Gasteiger partial charge in [0.1, 0.15) is 0 Å². The minimum Gasteiger partial charge on any atom is -0.323 e. The lowest BCUT2D eigenvalue weighted by atomic mass is 10.1. The number of nitro benzene ring substituents is 1. The number of benzene rings is 2. The van der Waals surface area contributed by atoms with Crippen molar-refractivity contribution >= 4 is 28.9 Å². The fourth-order valence-electron chi connectivity index (χ4n) is 3.36. The molecule has 1 unspecified atom stereocenters. The van der Waals surface area contributed by atoms with Gasteiger partial charge in [0.2, 0.25) is 5.91 Å². The number of carbonyl (C=O) groups is 1. The van der Waals surface area contributed by atoms with Gasteiger partial charge in [-0.05, 0) is 44.1 Å². The molecule has 2 rings (SSSR count). The Hall–Kier alpha value is -2.48. The lowest BCUT2D eigenvalue weighted by Gasteiger charge is -2.31. The Labute approximate surface area is 189 Å². The summed E-state index contributed by atoms with van der Waals surface area (Å²) in [6.07, 6.45) is 0. The van der Waals surface area contributed by atoms with Gasteiger partial charge in [0.25, 0.3) is 5.69 Å². The predicted molar refractivity (Wildman–Crippen MR) is 126 cm³/mol. The highest BCUT2D eigenvalue weighted by Crippen LogP contribution is 2.26. The van der Waals surface area contributed by atoms with Gasteiger partial charge in [-0.15, -0.1) is 0 Å². The van der Waals surface area contributed by atoms with Crippen molar-refractivity contribution in [2.75, 3.05) is 31.5 Å². The van der Waals surface area contributed by atoms with Gasteiger partial charge in [-0.3, -0.25) is 19.8 Å². The molecule has 0 fully saturated rings. The zero-order chi connectivity index (χ0) is 23.0. The van der Waals surface area contributed by atoms with E-state index in [1.165, 1.54) is 12.1 Å². The quantitative estimate of drug-likeness (QED) is 0.399. The first-order valence-electron chi connectivity index (χ1n) is 10.5. The van der Waals surface area contributed by atoms with Crippen LogP contribution in [-0.4, -0.2) is 52.9 Å². The summed E-state index contributed by atoms with van der Waals surface area (Å²) in [5.74, 6) is -0.141. The number of halogens is 1. The normalized spacial score (nSPS) is 12.2. The van der Waals surface area contributed by atoms with E-state index in [2.05, 4.69) is 29.0 Å². The molecule has 0 aliphatic rings. The van der Waals surface area contributed by atoms with Crippen LogP contribution in [0.2, 0.25) is 5.02 Å². The molecule has 7 nitrogen and oxygen atoms in total. The smallest absolute Gasteiger partial charge is 0.269 e. The summed E-state index contributed by atoms with van der Waals surface area (Å²) in [5, 5.41) is 14.4. The molecule has 8 heteroatoms. The Morgan fingerprint density at radius 3 is 2.32 bits per heavy atom. The molecule has 2 aromatic carbocycles. The second-order valence-corrected chi connectivity index (χ2v) is 7.93. The standard InChI is InChI=1S/C23H31ClN4O3/c1-5-26(6-2)14-15-27(16-19-10-12-20(13-11-19)28(30)31)18(4)23(29)25-22-17(3)8-7-9-21(22)24/h7-13,18H,5-6,14-16H2,1-4H3,(H,25,29). The second kappa shape index (κ2) is 11.8. The van der Waals surface area contributed by atoms with E-state index in [-0.39, 0.29) is 11.6 Å².